The summed E-state index contributed by atoms with van der Waals surface area (Å²) < 4.78 is 5.91. The number of benzene rings is 3. The lowest BCUT2D eigenvalue weighted by Gasteiger charge is -2.34. The molecule has 0 aliphatic carbocycles. The van der Waals surface area contributed by atoms with Crippen LogP contribution in [-0.2, 0) is 30.9 Å². The molecule has 4 nitrogen and oxygen atoms in total. The Bertz CT molecular complexity index is 1060. The number of likely N-dealkylation sites (tertiary alicyclic amines) is 1. The molecule has 2 aliphatic rings. The monoisotopic (exact) mass is 441 g/mol. The molecule has 0 unspecified atom stereocenters. The van der Waals surface area contributed by atoms with Gasteiger partial charge in [0.05, 0.1) is 13.1 Å². The van der Waals surface area contributed by atoms with E-state index in [1.54, 1.807) is 4.90 Å². The van der Waals surface area contributed by atoms with E-state index in [-0.39, 0.29) is 5.92 Å². The second-order valence-electron chi connectivity index (χ2n) is 9.40. The van der Waals surface area contributed by atoms with Crippen molar-refractivity contribution in [1.82, 2.24) is 4.90 Å². The third kappa shape index (κ3) is 5.45. The van der Waals surface area contributed by atoms with Gasteiger partial charge in [-0.3, -0.25) is 4.79 Å². The fraction of sp³-hybridized carbons (Fsp3) is 0.345. The Morgan fingerprint density at radius 1 is 0.848 bits per heavy atom. The molecule has 3 aromatic rings. The van der Waals surface area contributed by atoms with Gasteiger partial charge in [0.2, 0.25) is 5.91 Å². The Morgan fingerprint density at radius 3 is 2.30 bits per heavy atom. The summed E-state index contributed by atoms with van der Waals surface area (Å²) in [6.07, 6.45) is 2.96. The molecule has 4 heteroatoms. The number of carbonyl (C=O) groups excluding carboxylic acids is 1. The van der Waals surface area contributed by atoms with E-state index in [1.807, 2.05) is 18.2 Å². The lowest BCUT2D eigenvalue weighted by atomic mass is 9.93. The Labute approximate surface area is 196 Å². The molecule has 0 atom stereocenters. The van der Waals surface area contributed by atoms with Crippen LogP contribution in [0.25, 0.3) is 0 Å². The number of quaternary nitrogens is 1. The molecule has 2 heterocycles. The van der Waals surface area contributed by atoms with E-state index in [0.717, 1.165) is 57.7 Å². The molecule has 3 aromatic carbocycles. The Morgan fingerprint density at radius 2 is 1.55 bits per heavy atom. The normalized spacial score (nSPS) is 20.2. The molecular formula is C29H33N2O2+. The van der Waals surface area contributed by atoms with Gasteiger partial charge in [0, 0.05) is 37.4 Å². The number of hydrogen-bond donors (Lipinski definition) is 1. The number of amides is 1. The second-order valence-corrected chi connectivity index (χ2v) is 9.40. The number of piperidine rings is 1. The van der Waals surface area contributed by atoms with Crippen molar-refractivity contribution in [2.75, 3.05) is 19.6 Å². The molecular weight excluding hydrogens is 408 g/mol. The highest BCUT2D eigenvalue weighted by molar-refractivity contribution is 5.79. The maximum absolute atomic E-state index is 13.1. The summed E-state index contributed by atoms with van der Waals surface area (Å²) >= 11 is 0. The van der Waals surface area contributed by atoms with Gasteiger partial charge in [-0.05, 0) is 47.4 Å². The Kier molecular flexibility index (Phi) is 6.73. The highest BCUT2D eigenvalue weighted by Crippen LogP contribution is 2.22. The van der Waals surface area contributed by atoms with Crippen LogP contribution in [0.2, 0.25) is 0 Å². The van der Waals surface area contributed by atoms with Gasteiger partial charge in [-0.1, -0.05) is 54.6 Å². The van der Waals surface area contributed by atoms with E-state index < -0.39 is 0 Å². The first-order chi connectivity index (χ1) is 16.2. The first-order valence-corrected chi connectivity index (χ1v) is 12.2. The van der Waals surface area contributed by atoms with Gasteiger partial charge in [-0.25, -0.2) is 0 Å². The maximum Gasteiger partial charge on any atom is 0.226 e. The first-order valence-electron chi connectivity index (χ1n) is 12.2. The predicted molar refractivity (Wildman–Crippen MR) is 130 cm³/mol. The average Bonchev–Trinajstić information content (AvgIpc) is 2.89. The van der Waals surface area contributed by atoms with Gasteiger partial charge in [-0.2, -0.15) is 0 Å². The van der Waals surface area contributed by atoms with Gasteiger partial charge in [0.15, 0.2) is 0 Å². The minimum atomic E-state index is 0.188. The number of hydrogen-bond acceptors (Lipinski definition) is 2. The van der Waals surface area contributed by atoms with Crippen molar-refractivity contribution < 1.29 is 14.4 Å². The number of nitrogens with zero attached hydrogens (tertiary/aromatic N) is 1. The molecule has 0 bridgehead atoms. The fourth-order valence-electron chi connectivity index (χ4n) is 5.12. The first kappa shape index (κ1) is 21.7. The van der Waals surface area contributed by atoms with E-state index in [9.17, 15) is 4.79 Å². The van der Waals surface area contributed by atoms with Crippen molar-refractivity contribution in [1.29, 1.82) is 0 Å². The maximum atomic E-state index is 13.1. The van der Waals surface area contributed by atoms with Gasteiger partial charge in [-0.15, -0.1) is 0 Å². The highest BCUT2D eigenvalue weighted by Gasteiger charge is 2.31. The summed E-state index contributed by atoms with van der Waals surface area (Å²) in [6, 6.07) is 27.3. The number of fused-ring (bicyclic) bond motifs is 1. The predicted octanol–water partition coefficient (Wildman–Crippen LogP) is 3.65. The molecule has 0 saturated carbocycles. The third-order valence-corrected chi connectivity index (χ3v) is 7.11. The number of rotatable bonds is 6. The van der Waals surface area contributed by atoms with Gasteiger partial charge >= 0.3 is 0 Å². The van der Waals surface area contributed by atoms with Crippen molar-refractivity contribution in [2.24, 2.45) is 5.92 Å². The van der Waals surface area contributed by atoms with E-state index in [1.165, 1.54) is 22.3 Å². The van der Waals surface area contributed by atoms with Crippen LogP contribution in [0.3, 0.4) is 0 Å². The highest BCUT2D eigenvalue weighted by atomic mass is 16.5. The Balaban J connectivity index is 1.08. The van der Waals surface area contributed by atoms with Crippen LogP contribution in [0.5, 0.6) is 5.75 Å². The van der Waals surface area contributed by atoms with E-state index in [4.69, 9.17) is 4.74 Å². The van der Waals surface area contributed by atoms with E-state index >= 15 is 0 Å². The van der Waals surface area contributed by atoms with Gasteiger partial charge in [0.1, 0.15) is 18.9 Å². The van der Waals surface area contributed by atoms with Crippen molar-refractivity contribution in [2.45, 2.75) is 39.0 Å². The molecule has 0 radical (unpaired) electrons. The van der Waals surface area contributed by atoms with Gasteiger partial charge in [0.25, 0.3) is 0 Å². The molecule has 33 heavy (non-hydrogen) atoms. The topological polar surface area (TPSA) is 34.0 Å². The molecule has 1 N–H and O–H groups in total. The lowest BCUT2D eigenvalue weighted by molar-refractivity contribution is -0.919. The molecule has 0 aromatic heterocycles. The molecule has 1 saturated heterocycles. The zero-order chi connectivity index (χ0) is 22.5. The van der Waals surface area contributed by atoms with Crippen LogP contribution in [0.1, 0.15) is 35.1 Å². The quantitative estimate of drug-likeness (QED) is 0.634. The molecule has 170 valence electrons. The number of carbonyl (C=O) groups is 1. The van der Waals surface area contributed by atoms with Crippen molar-refractivity contribution in [3.8, 4) is 5.75 Å². The minimum Gasteiger partial charge on any atom is -0.489 e. The number of ether oxygens (including phenoxy) is 1. The van der Waals surface area contributed by atoms with Crippen LogP contribution in [0.4, 0.5) is 0 Å². The summed E-state index contributed by atoms with van der Waals surface area (Å²) in [6.45, 7) is 5.37. The van der Waals surface area contributed by atoms with Crippen molar-refractivity contribution >= 4 is 5.91 Å². The van der Waals surface area contributed by atoms with Crippen LogP contribution in [0, 0.1) is 5.92 Å². The minimum absolute atomic E-state index is 0.188. The SMILES string of the molecule is O=C(C1CC[NH+](Cc2ccc(OCc3ccccc3)cc2)CC1)N1CCc2ccccc2C1. The largest absolute Gasteiger partial charge is 0.489 e. The van der Waals surface area contributed by atoms with Crippen LogP contribution in [0.15, 0.2) is 78.9 Å². The van der Waals surface area contributed by atoms with Gasteiger partial charge < -0.3 is 14.5 Å². The van der Waals surface area contributed by atoms with Crippen LogP contribution < -0.4 is 9.64 Å². The van der Waals surface area contributed by atoms with Crippen molar-refractivity contribution in [3.63, 3.8) is 0 Å². The molecule has 2 aliphatic heterocycles. The summed E-state index contributed by atoms with van der Waals surface area (Å²) in [5, 5.41) is 0. The standard InChI is InChI=1S/C29H32N2O2/c32-29(31-19-16-25-8-4-5-9-27(25)21-31)26-14-17-30(18-15-26)20-23-10-12-28(13-11-23)33-22-24-6-2-1-3-7-24/h1-13,26H,14-22H2/p+1. The number of nitrogens with one attached hydrogen (secondary N) is 1. The second kappa shape index (κ2) is 10.2. The zero-order valence-electron chi connectivity index (χ0n) is 19.2. The fourth-order valence-corrected chi connectivity index (χ4v) is 5.12. The Hall–Kier alpha value is -3.11. The molecule has 5 rings (SSSR count). The smallest absolute Gasteiger partial charge is 0.226 e. The summed E-state index contributed by atoms with van der Waals surface area (Å²) in [4.78, 5) is 16.8. The van der Waals surface area contributed by atoms with E-state index in [2.05, 4.69) is 65.6 Å². The van der Waals surface area contributed by atoms with Crippen LogP contribution in [-0.4, -0.2) is 30.4 Å². The van der Waals surface area contributed by atoms with E-state index in [0.29, 0.717) is 12.5 Å². The molecule has 1 fully saturated rings. The van der Waals surface area contributed by atoms with Crippen LogP contribution >= 0.6 is 0 Å². The van der Waals surface area contributed by atoms with Crippen molar-refractivity contribution in [3.05, 3.63) is 101 Å². The molecule has 0 spiro atoms. The molecule has 1 amide bonds. The average molecular weight is 442 g/mol. The summed E-state index contributed by atoms with van der Waals surface area (Å²) in [5.74, 6) is 1.46. The summed E-state index contributed by atoms with van der Waals surface area (Å²) in [7, 11) is 0. The third-order valence-electron chi connectivity index (χ3n) is 7.11. The lowest BCUT2D eigenvalue weighted by Crippen LogP contribution is -3.11. The zero-order valence-corrected chi connectivity index (χ0v) is 19.2. The summed E-state index contributed by atoms with van der Waals surface area (Å²) in [5.41, 5.74) is 5.22.